The second-order valence-corrected chi connectivity index (χ2v) is 5.83. The number of carbonyl (C=O) groups is 2. The lowest BCUT2D eigenvalue weighted by Crippen LogP contribution is -2.47. The summed E-state index contributed by atoms with van der Waals surface area (Å²) in [4.78, 5) is 29.4. The molecule has 1 fully saturated rings. The summed E-state index contributed by atoms with van der Waals surface area (Å²) in [6.45, 7) is 0.818. The highest BCUT2D eigenvalue weighted by atomic mass is 17.1. The zero-order chi connectivity index (χ0) is 14.3. The number of nitrogens with zero attached hydrogens (tertiary/aromatic N) is 1. The van der Waals surface area contributed by atoms with Crippen molar-refractivity contribution < 1.29 is 19.7 Å². The monoisotopic (exact) mass is 275 g/mol. The predicted molar refractivity (Wildman–Crippen MR) is 71.2 cm³/mol. The molecule has 2 aliphatic rings. The number of likely N-dealkylation sites (tertiary alicyclic amines) is 1. The average molecular weight is 275 g/mol. The minimum atomic E-state index is -0.763. The van der Waals surface area contributed by atoms with Crippen molar-refractivity contribution in [2.24, 2.45) is 5.41 Å². The molecule has 3 rings (SSSR count). The van der Waals surface area contributed by atoms with E-state index in [9.17, 15) is 9.59 Å². The zero-order valence-electron chi connectivity index (χ0n) is 11.4. The number of hydrogen-bond acceptors (Lipinski definition) is 4. The molecule has 0 bridgehead atoms. The van der Waals surface area contributed by atoms with Crippen LogP contribution in [0.2, 0.25) is 0 Å². The number of amides is 1. The number of carbonyl (C=O) groups excluding carboxylic acids is 2. The summed E-state index contributed by atoms with van der Waals surface area (Å²) >= 11 is 0. The normalized spacial score (nSPS) is 24.9. The molecule has 1 aliphatic carbocycles. The summed E-state index contributed by atoms with van der Waals surface area (Å²) in [5.74, 6) is -0.563. The van der Waals surface area contributed by atoms with Gasteiger partial charge in [0.1, 0.15) is 0 Å². The Hall–Kier alpha value is -1.88. The molecule has 0 aromatic heterocycles. The number of benzene rings is 1. The fraction of sp³-hybridized carbons (Fsp3) is 0.467. The molecule has 5 heteroatoms. The summed E-state index contributed by atoms with van der Waals surface area (Å²) in [6, 6.07) is 5.22. The summed E-state index contributed by atoms with van der Waals surface area (Å²) in [6.07, 6.45) is 3.31. The highest BCUT2D eigenvalue weighted by Gasteiger charge is 2.46. The van der Waals surface area contributed by atoms with Gasteiger partial charge in [-0.3, -0.25) is 9.68 Å². The molecule has 0 unspecified atom stereocenters. The third-order valence-electron chi connectivity index (χ3n) is 4.53. The molecule has 1 heterocycles. The standard InChI is InChI=1S/C15H17NO4/c1-16-6-2-5-15(14(16)18)8-11-4-3-10(13(17)20-19)7-12(11)9-15/h3-4,7,19H,2,5-6,8-9H2,1H3/t15-/m1/s1. The number of piperidine rings is 1. The highest BCUT2D eigenvalue weighted by molar-refractivity contribution is 5.90. The fourth-order valence-corrected chi connectivity index (χ4v) is 3.53. The van der Waals surface area contributed by atoms with Crippen molar-refractivity contribution in [1.82, 2.24) is 4.90 Å². The van der Waals surface area contributed by atoms with Crippen LogP contribution in [-0.4, -0.2) is 35.6 Å². The van der Waals surface area contributed by atoms with Crippen LogP contribution in [0.3, 0.4) is 0 Å². The SMILES string of the molecule is CN1CCC[C@]2(Cc3ccc(C(=O)OO)cc3C2)C1=O. The molecule has 1 saturated heterocycles. The minimum absolute atomic E-state index is 0.200. The Morgan fingerprint density at radius 2 is 2.10 bits per heavy atom. The first-order valence-electron chi connectivity index (χ1n) is 6.79. The predicted octanol–water partition coefficient (Wildman–Crippen LogP) is 1.65. The van der Waals surface area contributed by atoms with Crippen molar-refractivity contribution in [1.29, 1.82) is 0 Å². The molecule has 20 heavy (non-hydrogen) atoms. The van der Waals surface area contributed by atoms with Crippen LogP contribution in [0, 0.1) is 5.41 Å². The summed E-state index contributed by atoms with van der Waals surface area (Å²) in [5.41, 5.74) is 2.11. The number of hydrogen-bond donors (Lipinski definition) is 1. The van der Waals surface area contributed by atoms with Crippen molar-refractivity contribution in [2.45, 2.75) is 25.7 Å². The average Bonchev–Trinajstić information content (AvgIpc) is 2.82. The van der Waals surface area contributed by atoms with Crippen LogP contribution in [0.1, 0.15) is 34.3 Å². The lowest BCUT2D eigenvalue weighted by molar-refractivity contribution is -0.182. The van der Waals surface area contributed by atoms with Gasteiger partial charge in [0.05, 0.1) is 11.0 Å². The van der Waals surface area contributed by atoms with Gasteiger partial charge >= 0.3 is 5.97 Å². The lowest BCUT2D eigenvalue weighted by atomic mass is 9.76. The van der Waals surface area contributed by atoms with E-state index in [1.54, 1.807) is 17.0 Å². The van der Waals surface area contributed by atoms with E-state index in [2.05, 4.69) is 4.89 Å². The third-order valence-corrected chi connectivity index (χ3v) is 4.53. The Morgan fingerprint density at radius 3 is 2.85 bits per heavy atom. The van der Waals surface area contributed by atoms with Gasteiger partial charge in [-0.15, -0.1) is 0 Å². The van der Waals surface area contributed by atoms with E-state index in [0.29, 0.717) is 12.0 Å². The van der Waals surface area contributed by atoms with E-state index in [4.69, 9.17) is 5.26 Å². The van der Waals surface area contributed by atoms with Crippen LogP contribution in [-0.2, 0) is 22.5 Å². The Balaban J connectivity index is 1.92. The molecular weight excluding hydrogens is 258 g/mol. The zero-order valence-corrected chi connectivity index (χ0v) is 11.4. The molecule has 1 aromatic carbocycles. The number of fused-ring (bicyclic) bond motifs is 1. The Labute approximate surface area is 117 Å². The Morgan fingerprint density at radius 1 is 1.35 bits per heavy atom. The first-order valence-corrected chi connectivity index (χ1v) is 6.79. The maximum Gasteiger partial charge on any atom is 0.372 e. The van der Waals surface area contributed by atoms with Crippen LogP contribution < -0.4 is 0 Å². The molecule has 0 saturated carbocycles. The number of rotatable bonds is 1. The largest absolute Gasteiger partial charge is 0.372 e. The Kier molecular flexibility index (Phi) is 3.01. The molecule has 106 valence electrons. The Bertz CT molecular complexity index is 583. The minimum Gasteiger partial charge on any atom is -0.345 e. The quantitative estimate of drug-likeness (QED) is 0.625. The van der Waals surface area contributed by atoms with E-state index in [1.807, 2.05) is 13.1 Å². The molecule has 5 nitrogen and oxygen atoms in total. The lowest BCUT2D eigenvalue weighted by Gasteiger charge is -2.37. The van der Waals surface area contributed by atoms with Gasteiger partial charge < -0.3 is 4.90 Å². The maximum atomic E-state index is 12.5. The third kappa shape index (κ3) is 1.89. The van der Waals surface area contributed by atoms with Crippen molar-refractivity contribution in [3.63, 3.8) is 0 Å². The summed E-state index contributed by atoms with van der Waals surface area (Å²) < 4.78 is 0. The second-order valence-electron chi connectivity index (χ2n) is 5.83. The molecule has 1 spiro atoms. The van der Waals surface area contributed by atoms with Gasteiger partial charge in [-0.2, -0.15) is 5.26 Å². The van der Waals surface area contributed by atoms with Crippen molar-refractivity contribution in [3.05, 3.63) is 34.9 Å². The van der Waals surface area contributed by atoms with E-state index in [-0.39, 0.29) is 11.3 Å². The summed E-state index contributed by atoms with van der Waals surface area (Å²) in [7, 11) is 1.85. The van der Waals surface area contributed by atoms with Crippen LogP contribution in [0.4, 0.5) is 0 Å². The van der Waals surface area contributed by atoms with Crippen molar-refractivity contribution >= 4 is 11.9 Å². The van der Waals surface area contributed by atoms with Crippen LogP contribution in [0.5, 0.6) is 0 Å². The van der Waals surface area contributed by atoms with Crippen LogP contribution in [0.15, 0.2) is 18.2 Å². The van der Waals surface area contributed by atoms with Crippen molar-refractivity contribution in [3.8, 4) is 0 Å². The second kappa shape index (κ2) is 4.59. The first-order chi connectivity index (χ1) is 9.55. The van der Waals surface area contributed by atoms with Gasteiger partial charge in [0.15, 0.2) is 0 Å². The molecule has 1 aromatic rings. The van der Waals surface area contributed by atoms with Gasteiger partial charge in [-0.05, 0) is 48.9 Å². The van der Waals surface area contributed by atoms with Gasteiger partial charge in [0.2, 0.25) is 5.91 Å². The summed E-state index contributed by atoms with van der Waals surface area (Å²) in [5, 5.41) is 8.45. The first kappa shape index (κ1) is 13.1. The maximum absolute atomic E-state index is 12.5. The molecular formula is C15H17NO4. The van der Waals surface area contributed by atoms with E-state index >= 15 is 0 Å². The van der Waals surface area contributed by atoms with E-state index < -0.39 is 5.97 Å². The molecule has 1 amide bonds. The molecule has 0 radical (unpaired) electrons. The molecule has 1 N–H and O–H groups in total. The fourth-order valence-electron chi connectivity index (χ4n) is 3.53. The molecule has 1 aliphatic heterocycles. The smallest absolute Gasteiger partial charge is 0.345 e. The van der Waals surface area contributed by atoms with Crippen LogP contribution in [0.25, 0.3) is 0 Å². The van der Waals surface area contributed by atoms with E-state index in [1.165, 1.54) is 0 Å². The van der Waals surface area contributed by atoms with Gasteiger partial charge in [0, 0.05) is 13.6 Å². The van der Waals surface area contributed by atoms with E-state index in [0.717, 1.165) is 36.9 Å². The molecule has 1 atom stereocenters. The van der Waals surface area contributed by atoms with Gasteiger partial charge in [-0.25, -0.2) is 4.79 Å². The topological polar surface area (TPSA) is 66.8 Å². The highest BCUT2D eigenvalue weighted by Crippen LogP contribution is 2.44. The van der Waals surface area contributed by atoms with Gasteiger partial charge in [-0.1, -0.05) is 6.07 Å². The van der Waals surface area contributed by atoms with Crippen molar-refractivity contribution in [2.75, 3.05) is 13.6 Å². The van der Waals surface area contributed by atoms with Gasteiger partial charge in [0.25, 0.3) is 0 Å². The van der Waals surface area contributed by atoms with Crippen LogP contribution >= 0.6 is 0 Å².